The molecule has 0 saturated carbocycles. The summed E-state index contributed by atoms with van der Waals surface area (Å²) in [7, 11) is 0. The molecule has 4 nitrogen and oxygen atoms in total. The molecular formula is C12H18N2O2S. The summed E-state index contributed by atoms with van der Waals surface area (Å²) in [5.74, 6) is 0.229. The molecule has 5 heteroatoms. The first-order valence-corrected chi connectivity index (χ1v) is 6.83. The first kappa shape index (κ1) is 12.5. The van der Waals surface area contributed by atoms with Gasteiger partial charge in [0.2, 0.25) is 5.91 Å². The van der Waals surface area contributed by atoms with Gasteiger partial charge in [0.05, 0.1) is 13.2 Å². The highest BCUT2D eigenvalue weighted by atomic mass is 32.1. The van der Waals surface area contributed by atoms with Gasteiger partial charge in [0.15, 0.2) is 0 Å². The van der Waals surface area contributed by atoms with Crippen LogP contribution >= 0.6 is 11.3 Å². The Kier molecular flexibility index (Phi) is 4.97. The Bertz CT molecular complexity index is 334. The molecule has 0 aromatic carbocycles. The molecule has 0 spiro atoms. The average Bonchev–Trinajstić information content (AvgIpc) is 2.88. The Morgan fingerprint density at radius 1 is 1.47 bits per heavy atom. The van der Waals surface area contributed by atoms with Gasteiger partial charge in [-0.2, -0.15) is 0 Å². The van der Waals surface area contributed by atoms with Crippen LogP contribution in [-0.2, 0) is 16.1 Å². The Labute approximate surface area is 106 Å². The van der Waals surface area contributed by atoms with Crippen LogP contribution in [0.3, 0.4) is 0 Å². The van der Waals surface area contributed by atoms with Crippen molar-refractivity contribution in [2.45, 2.75) is 13.0 Å². The molecule has 1 fully saturated rings. The van der Waals surface area contributed by atoms with Gasteiger partial charge < -0.3 is 15.0 Å². The zero-order chi connectivity index (χ0) is 11.9. The van der Waals surface area contributed by atoms with E-state index in [0.717, 1.165) is 26.2 Å². The summed E-state index contributed by atoms with van der Waals surface area (Å²) in [4.78, 5) is 15.0. The lowest BCUT2D eigenvalue weighted by Gasteiger charge is -2.26. The van der Waals surface area contributed by atoms with Crippen molar-refractivity contribution in [1.29, 1.82) is 0 Å². The SMILES string of the molecule is O=C(CCNCc1cccs1)N1CCOCC1. The lowest BCUT2D eigenvalue weighted by molar-refractivity contribution is -0.135. The maximum Gasteiger partial charge on any atom is 0.224 e. The van der Waals surface area contributed by atoms with Gasteiger partial charge in [0, 0.05) is 37.5 Å². The van der Waals surface area contributed by atoms with Crippen LogP contribution in [0.4, 0.5) is 0 Å². The first-order chi connectivity index (χ1) is 8.36. The first-order valence-electron chi connectivity index (χ1n) is 5.95. The molecule has 1 amide bonds. The molecule has 0 bridgehead atoms. The van der Waals surface area contributed by atoms with Crippen molar-refractivity contribution >= 4 is 17.2 Å². The van der Waals surface area contributed by atoms with Gasteiger partial charge in [-0.05, 0) is 11.4 Å². The smallest absolute Gasteiger partial charge is 0.224 e. The summed E-state index contributed by atoms with van der Waals surface area (Å²) in [6.07, 6.45) is 0.575. The molecule has 2 rings (SSSR count). The Hall–Kier alpha value is -0.910. The van der Waals surface area contributed by atoms with E-state index in [4.69, 9.17) is 4.74 Å². The summed E-state index contributed by atoms with van der Waals surface area (Å²) in [6, 6.07) is 4.14. The average molecular weight is 254 g/mol. The third-order valence-electron chi connectivity index (χ3n) is 2.76. The zero-order valence-corrected chi connectivity index (χ0v) is 10.7. The van der Waals surface area contributed by atoms with Crippen LogP contribution in [0.25, 0.3) is 0 Å². The molecule has 94 valence electrons. The second kappa shape index (κ2) is 6.74. The van der Waals surface area contributed by atoms with Gasteiger partial charge in [-0.15, -0.1) is 11.3 Å². The molecule has 2 heterocycles. The van der Waals surface area contributed by atoms with E-state index in [1.54, 1.807) is 11.3 Å². The number of carbonyl (C=O) groups is 1. The molecule has 1 N–H and O–H groups in total. The molecule has 0 unspecified atom stereocenters. The van der Waals surface area contributed by atoms with Crippen molar-refractivity contribution in [3.8, 4) is 0 Å². The maximum atomic E-state index is 11.8. The van der Waals surface area contributed by atoms with Gasteiger partial charge >= 0.3 is 0 Å². The van der Waals surface area contributed by atoms with Crippen molar-refractivity contribution < 1.29 is 9.53 Å². The van der Waals surface area contributed by atoms with E-state index in [0.29, 0.717) is 19.6 Å². The van der Waals surface area contributed by atoms with Crippen LogP contribution in [0.15, 0.2) is 17.5 Å². The third kappa shape index (κ3) is 4.11. The van der Waals surface area contributed by atoms with Gasteiger partial charge in [-0.25, -0.2) is 0 Å². The lowest BCUT2D eigenvalue weighted by Crippen LogP contribution is -2.41. The Morgan fingerprint density at radius 3 is 3.00 bits per heavy atom. The molecule has 1 aromatic rings. The number of morpholine rings is 1. The van der Waals surface area contributed by atoms with E-state index < -0.39 is 0 Å². The molecule has 0 aliphatic carbocycles. The van der Waals surface area contributed by atoms with Crippen LogP contribution < -0.4 is 5.32 Å². The lowest BCUT2D eigenvalue weighted by atomic mass is 10.3. The maximum absolute atomic E-state index is 11.8. The van der Waals surface area contributed by atoms with Crippen molar-refractivity contribution in [1.82, 2.24) is 10.2 Å². The molecule has 1 aliphatic heterocycles. The summed E-state index contributed by atoms with van der Waals surface area (Å²) < 4.78 is 5.22. The fraction of sp³-hybridized carbons (Fsp3) is 0.583. The Balaban J connectivity index is 1.59. The molecule has 17 heavy (non-hydrogen) atoms. The highest BCUT2D eigenvalue weighted by molar-refractivity contribution is 7.09. The number of hydrogen-bond donors (Lipinski definition) is 1. The van der Waals surface area contributed by atoms with Crippen molar-refractivity contribution in [3.63, 3.8) is 0 Å². The van der Waals surface area contributed by atoms with E-state index in [-0.39, 0.29) is 5.91 Å². The normalized spacial score (nSPS) is 16.1. The van der Waals surface area contributed by atoms with E-state index in [2.05, 4.69) is 16.8 Å². The summed E-state index contributed by atoms with van der Waals surface area (Å²) >= 11 is 1.74. The summed E-state index contributed by atoms with van der Waals surface area (Å²) in [5.41, 5.74) is 0. The van der Waals surface area contributed by atoms with E-state index in [9.17, 15) is 4.79 Å². The number of ether oxygens (including phenoxy) is 1. The van der Waals surface area contributed by atoms with Crippen LogP contribution in [0.5, 0.6) is 0 Å². The van der Waals surface area contributed by atoms with Crippen molar-refractivity contribution in [3.05, 3.63) is 22.4 Å². The number of thiophene rings is 1. The molecule has 1 saturated heterocycles. The van der Waals surface area contributed by atoms with Gasteiger partial charge in [0.1, 0.15) is 0 Å². The second-order valence-corrected chi connectivity index (χ2v) is 5.03. The highest BCUT2D eigenvalue weighted by Gasteiger charge is 2.15. The van der Waals surface area contributed by atoms with E-state index in [1.165, 1.54) is 4.88 Å². The number of nitrogens with zero attached hydrogens (tertiary/aromatic N) is 1. The Morgan fingerprint density at radius 2 is 2.29 bits per heavy atom. The van der Waals surface area contributed by atoms with Gasteiger partial charge in [-0.3, -0.25) is 4.79 Å². The van der Waals surface area contributed by atoms with Crippen LogP contribution in [-0.4, -0.2) is 43.7 Å². The third-order valence-corrected chi connectivity index (χ3v) is 3.64. The molecule has 0 radical (unpaired) electrons. The minimum absolute atomic E-state index is 0.229. The fourth-order valence-electron chi connectivity index (χ4n) is 1.79. The topological polar surface area (TPSA) is 41.6 Å². The minimum Gasteiger partial charge on any atom is -0.378 e. The number of carbonyl (C=O) groups excluding carboxylic acids is 1. The van der Waals surface area contributed by atoms with Crippen LogP contribution in [0, 0.1) is 0 Å². The monoisotopic (exact) mass is 254 g/mol. The quantitative estimate of drug-likeness (QED) is 0.800. The predicted octanol–water partition coefficient (Wildman–Crippen LogP) is 1.09. The largest absolute Gasteiger partial charge is 0.378 e. The molecule has 1 aliphatic rings. The minimum atomic E-state index is 0.229. The van der Waals surface area contributed by atoms with Crippen LogP contribution in [0.1, 0.15) is 11.3 Å². The zero-order valence-electron chi connectivity index (χ0n) is 9.85. The van der Waals surface area contributed by atoms with E-state index in [1.807, 2.05) is 11.0 Å². The number of hydrogen-bond acceptors (Lipinski definition) is 4. The molecule has 0 atom stereocenters. The number of nitrogens with one attached hydrogen (secondary N) is 1. The van der Waals surface area contributed by atoms with Crippen LogP contribution in [0.2, 0.25) is 0 Å². The fourth-order valence-corrected chi connectivity index (χ4v) is 2.47. The predicted molar refractivity (Wildman–Crippen MR) is 68.0 cm³/mol. The van der Waals surface area contributed by atoms with Gasteiger partial charge in [-0.1, -0.05) is 6.07 Å². The van der Waals surface area contributed by atoms with E-state index >= 15 is 0 Å². The number of rotatable bonds is 5. The molecule has 1 aromatic heterocycles. The number of amides is 1. The summed E-state index contributed by atoms with van der Waals surface area (Å²) in [6.45, 7) is 4.43. The standard InChI is InChI=1S/C12H18N2O2S/c15-12(14-5-7-16-8-6-14)3-4-13-10-11-2-1-9-17-11/h1-2,9,13H,3-8,10H2. The second-order valence-electron chi connectivity index (χ2n) is 4.00. The van der Waals surface area contributed by atoms with Crippen molar-refractivity contribution in [2.75, 3.05) is 32.8 Å². The summed E-state index contributed by atoms with van der Waals surface area (Å²) in [5, 5.41) is 5.35. The van der Waals surface area contributed by atoms with Gasteiger partial charge in [0.25, 0.3) is 0 Å². The highest BCUT2D eigenvalue weighted by Crippen LogP contribution is 2.07. The van der Waals surface area contributed by atoms with Crippen molar-refractivity contribution in [2.24, 2.45) is 0 Å². The molecular weight excluding hydrogens is 236 g/mol.